The van der Waals surface area contributed by atoms with Crippen molar-refractivity contribution in [3.8, 4) is 5.69 Å². The number of halogens is 1. The van der Waals surface area contributed by atoms with E-state index < -0.39 is 12.1 Å². The van der Waals surface area contributed by atoms with Gasteiger partial charge in [0.25, 0.3) is 5.91 Å². The second-order valence-electron chi connectivity index (χ2n) is 8.62. The maximum absolute atomic E-state index is 13.4. The first-order chi connectivity index (χ1) is 17.6. The first-order valence-corrected chi connectivity index (χ1v) is 11.5. The molecule has 5 aromatic rings. The fourth-order valence-electron chi connectivity index (χ4n) is 4.78. The molecule has 1 aliphatic rings. The largest absolute Gasteiger partial charge is 0.344 e. The number of nitrogens with zero attached hydrogens (tertiary/aromatic N) is 4. The van der Waals surface area contributed by atoms with Gasteiger partial charge in [-0.2, -0.15) is 5.10 Å². The van der Waals surface area contributed by atoms with Crippen LogP contribution in [0.1, 0.15) is 28.6 Å². The zero-order valence-corrected chi connectivity index (χ0v) is 19.0. The zero-order valence-electron chi connectivity index (χ0n) is 19.0. The van der Waals surface area contributed by atoms with E-state index in [1.54, 1.807) is 34.1 Å². The number of hydrogen-bond donors (Lipinski definition) is 2. The van der Waals surface area contributed by atoms with E-state index in [2.05, 4.69) is 20.4 Å². The molecule has 3 heterocycles. The van der Waals surface area contributed by atoms with Gasteiger partial charge in [-0.15, -0.1) is 0 Å². The van der Waals surface area contributed by atoms with Crippen LogP contribution in [-0.2, 0) is 4.79 Å². The molecule has 8 nitrogen and oxygen atoms in total. The van der Waals surface area contributed by atoms with Crippen LogP contribution in [0.5, 0.6) is 0 Å². The summed E-state index contributed by atoms with van der Waals surface area (Å²) >= 11 is 0. The Morgan fingerprint density at radius 3 is 2.56 bits per heavy atom. The highest BCUT2D eigenvalue weighted by Gasteiger charge is 2.42. The fraction of sp³-hybridized carbons (Fsp3) is 0.111. The Balaban J connectivity index is 1.37. The molecule has 0 saturated carbocycles. The molecule has 0 radical (unpaired) electrons. The summed E-state index contributed by atoms with van der Waals surface area (Å²) < 4.78 is 15.1. The third-order valence-electron chi connectivity index (χ3n) is 6.39. The van der Waals surface area contributed by atoms with Gasteiger partial charge < -0.3 is 15.2 Å². The van der Waals surface area contributed by atoms with Crippen molar-refractivity contribution in [1.29, 1.82) is 0 Å². The molecule has 2 amide bonds. The van der Waals surface area contributed by atoms with Crippen LogP contribution in [0.15, 0.2) is 91.4 Å². The van der Waals surface area contributed by atoms with Gasteiger partial charge in [0.2, 0.25) is 5.91 Å². The Bertz CT molecular complexity index is 1550. The van der Waals surface area contributed by atoms with Gasteiger partial charge in [-0.1, -0.05) is 30.3 Å². The monoisotopic (exact) mass is 480 g/mol. The highest BCUT2D eigenvalue weighted by Crippen LogP contribution is 2.38. The summed E-state index contributed by atoms with van der Waals surface area (Å²) in [5.74, 6) is -0.580. The van der Waals surface area contributed by atoms with Crippen LogP contribution in [0, 0.1) is 5.82 Å². The summed E-state index contributed by atoms with van der Waals surface area (Å²) in [7, 11) is 0. The van der Waals surface area contributed by atoms with Crippen molar-refractivity contribution in [2.24, 2.45) is 0 Å². The van der Waals surface area contributed by atoms with Crippen LogP contribution < -0.4 is 10.2 Å². The zero-order chi connectivity index (χ0) is 24.6. The van der Waals surface area contributed by atoms with Crippen molar-refractivity contribution in [3.05, 3.63) is 109 Å². The third kappa shape index (κ3) is 3.80. The average Bonchev–Trinajstić information content (AvgIpc) is 3.64. The number of carbonyl (C=O) groups excluding carboxylic acids is 2. The number of anilines is 1. The summed E-state index contributed by atoms with van der Waals surface area (Å²) in [4.78, 5) is 34.6. The van der Waals surface area contributed by atoms with Gasteiger partial charge in [0.1, 0.15) is 5.82 Å². The number of aromatic amines is 1. The number of benzene rings is 3. The molecule has 178 valence electrons. The number of amides is 2. The molecule has 2 atom stereocenters. The number of aromatic nitrogens is 4. The number of hydrogen-bond acceptors (Lipinski definition) is 4. The fourth-order valence-corrected chi connectivity index (χ4v) is 4.78. The van der Waals surface area contributed by atoms with E-state index in [0.29, 0.717) is 5.69 Å². The Morgan fingerprint density at radius 2 is 1.81 bits per heavy atom. The molecule has 6 rings (SSSR count). The molecule has 36 heavy (non-hydrogen) atoms. The minimum absolute atomic E-state index is 0.0983. The Labute approximate surface area is 205 Å². The van der Waals surface area contributed by atoms with Gasteiger partial charge in [0.05, 0.1) is 29.5 Å². The van der Waals surface area contributed by atoms with Crippen LogP contribution in [0.4, 0.5) is 10.1 Å². The quantitative estimate of drug-likeness (QED) is 0.395. The summed E-state index contributed by atoms with van der Waals surface area (Å²) in [6, 6.07) is 20.6. The number of rotatable bonds is 5. The van der Waals surface area contributed by atoms with Gasteiger partial charge in [-0.05, 0) is 48.0 Å². The minimum atomic E-state index is -0.449. The molecule has 1 saturated heterocycles. The third-order valence-corrected chi connectivity index (χ3v) is 6.39. The lowest BCUT2D eigenvalue weighted by atomic mass is 9.99. The summed E-state index contributed by atoms with van der Waals surface area (Å²) in [6.45, 7) is 0. The normalized spacial score (nSPS) is 17.6. The standard InChI is InChI=1S/C27H21FN6O2/c28-19-6-8-20(9-7-19)34-23-11-10-21(14-18(23)16-31-34)33-24(35)15-22(25(33)17-4-2-1-3-5-17)32-27(36)26-29-12-13-30-26/h1-14,16,22,25H,15H2,(H,29,30)(H,32,36)/t22-,25+/m0/s1. The Kier molecular flexibility index (Phi) is 5.29. The van der Waals surface area contributed by atoms with Crippen LogP contribution in [0.3, 0.4) is 0 Å². The number of fused-ring (bicyclic) bond motifs is 1. The number of imidazole rings is 1. The average molecular weight is 481 g/mol. The second kappa shape index (κ2) is 8.77. The van der Waals surface area contributed by atoms with Crippen molar-refractivity contribution < 1.29 is 14.0 Å². The predicted molar refractivity (Wildman–Crippen MR) is 132 cm³/mol. The van der Waals surface area contributed by atoms with Crippen molar-refractivity contribution in [2.45, 2.75) is 18.5 Å². The van der Waals surface area contributed by atoms with Crippen molar-refractivity contribution in [3.63, 3.8) is 0 Å². The second-order valence-corrected chi connectivity index (χ2v) is 8.62. The summed E-state index contributed by atoms with van der Waals surface area (Å²) in [6.07, 6.45) is 4.96. The SMILES string of the molecule is O=C(N[C@H]1CC(=O)N(c2ccc3c(cnn3-c3ccc(F)cc3)c2)[C@@H]1c1ccccc1)c1ncc[nH]1. The van der Waals surface area contributed by atoms with Gasteiger partial charge >= 0.3 is 0 Å². The summed E-state index contributed by atoms with van der Waals surface area (Å²) in [5.41, 5.74) is 3.18. The van der Waals surface area contributed by atoms with Crippen LogP contribution in [0.2, 0.25) is 0 Å². The first kappa shape index (κ1) is 21.7. The molecule has 1 aliphatic heterocycles. The Morgan fingerprint density at radius 1 is 1.03 bits per heavy atom. The van der Waals surface area contributed by atoms with E-state index in [-0.39, 0.29) is 29.9 Å². The van der Waals surface area contributed by atoms with Crippen molar-refractivity contribution in [1.82, 2.24) is 25.1 Å². The van der Waals surface area contributed by atoms with E-state index >= 15 is 0 Å². The molecule has 0 unspecified atom stereocenters. The maximum Gasteiger partial charge on any atom is 0.287 e. The van der Waals surface area contributed by atoms with Crippen molar-refractivity contribution in [2.75, 3.05) is 4.90 Å². The topological polar surface area (TPSA) is 95.9 Å². The number of carbonyl (C=O) groups is 2. The molecule has 3 aromatic carbocycles. The van der Waals surface area contributed by atoms with E-state index in [1.165, 1.54) is 18.3 Å². The molecule has 2 N–H and O–H groups in total. The number of nitrogens with one attached hydrogen (secondary N) is 2. The molecule has 0 spiro atoms. The molecule has 2 aromatic heterocycles. The molecule has 0 aliphatic carbocycles. The van der Waals surface area contributed by atoms with Crippen LogP contribution in [-0.4, -0.2) is 37.6 Å². The van der Waals surface area contributed by atoms with Gasteiger partial charge in [-0.25, -0.2) is 14.1 Å². The van der Waals surface area contributed by atoms with Crippen LogP contribution in [0.25, 0.3) is 16.6 Å². The van der Waals surface area contributed by atoms with Gasteiger partial charge in [0.15, 0.2) is 5.82 Å². The van der Waals surface area contributed by atoms with E-state index in [1.807, 2.05) is 48.5 Å². The first-order valence-electron chi connectivity index (χ1n) is 11.5. The highest BCUT2D eigenvalue weighted by atomic mass is 19.1. The number of H-pyrrole nitrogens is 1. The van der Waals surface area contributed by atoms with Crippen molar-refractivity contribution >= 4 is 28.4 Å². The lowest BCUT2D eigenvalue weighted by Gasteiger charge is -2.29. The van der Waals surface area contributed by atoms with Gasteiger partial charge in [-0.3, -0.25) is 9.59 Å². The minimum Gasteiger partial charge on any atom is -0.344 e. The lowest BCUT2D eigenvalue weighted by molar-refractivity contribution is -0.117. The Hall–Kier alpha value is -4.79. The van der Waals surface area contributed by atoms with E-state index in [9.17, 15) is 14.0 Å². The van der Waals surface area contributed by atoms with E-state index in [0.717, 1.165) is 22.2 Å². The molecule has 1 fully saturated rings. The predicted octanol–water partition coefficient (Wildman–Crippen LogP) is 4.16. The smallest absolute Gasteiger partial charge is 0.287 e. The van der Waals surface area contributed by atoms with Gasteiger partial charge in [0, 0.05) is 29.9 Å². The molecular weight excluding hydrogens is 459 g/mol. The summed E-state index contributed by atoms with van der Waals surface area (Å²) in [5, 5.41) is 8.28. The van der Waals surface area contributed by atoms with E-state index in [4.69, 9.17) is 0 Å². The van der Waals surface area contributed by atoms with Crippen LogP contribution >= 0.6 is 0 Å². The molecular formula is C27H21FN6O2. The maximum atomic E-state index is 13.4. The highest BCUT2D eigenvalue weighted by molar-refractivity contribution is 6.00. The molecule has 9 heteroatoms. The lowest BCUT2D eigenvalue weighted by Crippen LogP contribution is -2.40. The molecule has 0 bridgehead atoms.